The van der Waals surface area contributed by atoms with Crippen LogP contribution in [0.25, 0.3) is 0 Å². The van der Waals surface area contributed by atoms with E-state index in [0.717, 1.165) is 35.1 Å². The fourth-order valence-electron chi connectivity index (χ4n) is 6.29. The second-order valence-corrected chi connectivity index (χ2v) is 10.8. The molecule has 4 atom stereocenters. The van der Waals surface area contributed by atoms with Gasteiger partial charge in [0.2, 0.25) is 5.91 Å². The van der Waals surface area contributed by atoms with Crippen molar-refractivity contribution in [3.05, 3.63) is 70.3 Å². The smallest absolute Gasteiger partial charge is 0.251 e. The minimum atomic E-state index is -1.09. The van der Waals surface area contributed by atoms with Crippen LogP contribution >= 0.6 is 0 Å². The molecule has 0 saturated heterocycles. The SMILES string of the molecule is CCC1(CC)CC(=O)N([C@@H]2CC(OC)c3ccc(C(=O)N[C@@H]4c5ccccc5C[C@@]4(C)O)cc32)C(N)=N1. The number of benzene rings is 2. The minimum Gasteiger partial charge on any atom is -0.387 e. The number of hydrogen-bond donors (Lipinski definition) is 3. The minimum absolute atomic E-state index is 0.0580. The van der Waals surface area contributed by atoms with Gasteiger partial charge < -0.3 is 20.9 Å². The van der Waals surface area contributed by atoms with E-state index < -0.39 is 17.2 Å². The number of nitrogens with two attached hydrogens (primary N) is 1. The lowest BCUT2D eigenvalue weighted by Gasteiger charge is -2.39. The summed E-state index contributed by atoms with van der Waals surface area (Å²) in [6.07, 6.45) is 2.58. The monoisotopic (exact) mass is 504 g/mol. The standard InChI is InChI=1S/C29H36N4O4/c1-5-29(6-2)16-24(34)33(27(30)32-29)22-14-23(37-4)20-12-11-17(13-21(20)22)26(35)31-25-19-10-8-7-9-18(19)15-28(25,3)36/h7-13,22-23,25,36H,5-6,14-16H2,1-4H3,(H2,30,32)(H,31,35)/t22-,23?,25-,28-/m1/s1. The number of aliphatic imine (C=N–C) groups is 1. The van der Waals surface area contributed by atoms with Crippen molar-refractivity contribution in [3.63, 3.8) is 0 Å². The third kappa shape index (κ3) is 4.22. The van der Waals surface area contributed by atoms with Gasteiger partial charge in [0.05, 0.1) is 35.7 Å². The maximum absolute atomic E-state index is 13.4. The molecule has 0 fully saturated rings. The van der Waals surface area contributed by atoms with Crippen LogP contribution in [-0.4, -0.2) is 46.0 Å². The number of carbonyl (C=O) groups excluding carboxylic acids is 2. The summed E-state index contributed by atoms with van der Waals surface area (Å²) in [4.78, 5) is 33.2. The van der Waals surface area contributed by atoms with E-state index in [4.69, 9.17) is 15.5 Å². The number of aliphatic hydroxyl groups is 1. The molecule has 0 saturated carbocycles. The molecular formula is C29H36N4O4. The zero-order valence-electron chi connectivity index (χ0n) is 22.0. The lowest BCUT2D eigenvalue weighted by Crippen LogP contribution is -2.52. The van der Waals surface area contributed by atoms with Crippen molar-refractivity contribution in [2.45, 2.75) is 82.2 Å². The maximum atomic E-state index is 13.4. The molecule has 8 nitrogen and oxygen atoms in total. The normalized spacial score (nSPS) is 28.0. The number of fused-ring (bicyclic) bond motifs is 2. The van der Waals surface area contributed by atoms with Crippen LogP contribution in [0.2, 0.25) is 0 Å². The van der Waals surface area contributed by atoms with Gasteiger partial charge in [0.15, 0.2) is 5.96 Å². The Balaban J connectivity index is 1.46. The van der Waals surface area contributed by atoms with Crippen LogP contribution in [0.3, 0.4) is 0 Å². The molecule has 8 heteroatoms. The molecule has 1 aliphatic heterocycles. The largest absolute Gasteiger partial charge is 0.387 e. The highest BCUT2D eigenvalue weighted by molar-refractivity contribution is 6.00. The highest BCUT2D eigenvalue weighted by Crippen LogP contribution is 2.46. The number of methoxy groups -OCH3 is 1. The Morgan fingerprint density at radius 2 is 1.89 bits per heavy atom. The first-order valence-electron chi connectivity index (χ1n) is 13.1. The van der Waals surface area contributed by atoms with Crippen molar-refractivity contribution in [1.29, 1.82) is 0 Å². The Morgan fingerprint density at radius 1 is 1.16 bits per heavy atom. The molecule has 0 radical (unpaired) electrons. The Kier molecular flexibility index (Phi) is 6.36. The molecule has 0 bridgehead atoms. The van der Waals surface area contributed by atoms with Gasteiger partial charge >= 0.3 is 0 Å². The third-order valence-electron chi connectivity index (χ3n) is 8.56. The van der Waals surface area contributed by atoms with Gasteiger partial charge in [0, 0.05) is 25.5 Å². The average Bonchev–Trinajstić information content (AvgIpc) is 3.36. The van der Waals surface area contributed by atoms with Gasteiger partial charge in [-0.3, -0.25) is 14.5 Å². The van der Waals surface area contributed by atoms with E-state index in [1.54, 1.807) is 25.0 Å². The van der Waals surface area contributed by atoms with Crippen molar-refractivity contribution in [1.82, 2.24) is 10.2 Å². The van der Waals surface area contributed by atoms with Crippen molar-refractivity contribution in [2.24, 2.45) is 10.7 Å². The Labute approximate surface area is 217 Å². The summed E-state index contributed by atoms with van der Waals surface area (Å²) in [6.45, 7) is 5.80. The van der Waals surface area contributed by atoms with Gasteiger partial charge in [0.25, 0.3) is 5.91 Å². The summed E-state index contributed by atoms with van der Waals surface area (Å²) in [5, 5.41) is 14.1. The van der Waals surface area contributed by atoms with E-state index in [-0.39, 0.29) is 29.9 Å². The summed E-state index contributed by atoms with van der Waals surface area (Å²) in [5.41, 5.74) is 9.05. The molecule has 5 rings (SSSR count). The van der Waals surface area contributed by atoms with E-state index >= 15 is 0 Å². The number of guanidine groups is 1. The van der Waals surface area contributed by atoms with Crippen LogP contribution in [0.4, 0.5) is 0 Å². The molecule has 2 amide bonds. The molecule has 2 aliphatic carbocycles. The lowest BCUT2D eigenvalue weighted by atomic mass is 9.87. The van der Waals surface area contributed by atoms with Crippen molar-refractivity contribution < 1.29 is 19.4 Å². The number of carbonyl (C=O) groups is 2. The zero-order valence-corrected chi connectivity index (χ0v) is 22.0. The number of nitrogens with one attached hydrogen (secondary N) is 1. The van der Waals surface area contributed by atoms with Crippen LogP contribution in [0.5, 0.6) is 0 Å². The molecule has 2 aromatic rings. The lowest BCUT2D eigenvalue weighted by molar-refractivity contribution is -0.131. The Bertz CT molecular complexity index is 1270. The number of hydrogen-bond acceptors (Lipinski definition) is 6. The molecule has 0 aromatic heterocycles. The molecule has 196 valence electrons. The van der Waals surface area contributed by atoms with Gasteiger partial charge in [-0.05, 0) is 54.2 Å². The second-order valence-electron chi connectivity index (χ2n) is 10.8. The summed E-state index contributed by atoms with van der Waals surface area (Å²) in [6, 6.07) is 12.4. The Hall–Kier alpha value is -3.23. The number of nitrogens with zero attached hydrogens (tertiary/aromatic N) is 2. The fourth-order valence-corrected chi connectivity index (χ4v) is 6.29. The van der Waals surface area contributed by atoms with Crippen molar-refractivity contribution in [2.75, 3.05) is 7.11 Å². The van der Waals surface area contributed by atoms with E-state index in [2.05, 4.69) is 5.32 Å². The quantitative estimate of drug-likeness (QED) is 0.555. The van der Waals surface area contributed by atoms with Crippen LogP contribution in [0, 0.1) is 0 Å². The average molecular weight is 505 g/mol. The first-order valence-corrected chi connectivity index (χ1v) is 13.1. The highest BCUT2D eigenvalue weighted by Gasteiger charge is 2.45. The first-order chi connectivity index (χ1) is 17.6. The van der Waals surface area contributed by atoms with Gasteiger partial charge in [-0.1, -0.05) is 44.2 Å². The van der Waals surface area contributed by atoms with Gasteiger partial charge in [-0.2, -0.15) is 0 Å². The molecule has 4 N–H and O–H groups in total. The number of ether oxygens (including phenoxy) is 1. The highest BCUT2D eigenvalue weighted by atomic mass is 16.5. The van der Waals surface area contributed by atoms with Gasteiger partial charge in [-0.25, -0.2) is 4.99 Å². The van der Waals surface area contributed by atoms with E-state index in [1.165, 1.54) is 0 Å². The molecule has 37 heavy (non-hydrogen) atoms. The maximum Gasteiger partial charge on any atom is 0.251 e. The molecule has 2 aromatic carbocycles. The summed E-state index contributed by atoms with van der Waals surface area (Å²) >= 11 is 0. The summed E-state index contributed by atoms with van der Waals surface area (Å²) in [7, 11) is 1.64. The van der Waals surface area contributed by atoms with Crippen LogP contribution in [-0.2, 0) is 16.0 Å². The topological polar surface area (TPSA) is 117 Å². The molecular weight excluding hydrogens is 468 g/mol. The van der Waals surface area contributed by atoms with Crippen LogP contribution < -0.4 is 11.1 Å². The van der Waals surface area contributed by atoms with Crippen molar-refractivity contribution >= 4 is 17.8 Å². The van der Waals surface area contributed by atoms with Gasteiger partial charge in [-0.15, -0.1) is 0 Å². The predicted octanol–water partition coefficient (Wildman–Crippen LogP) is 3.70. The van der Waals surface area contributed by atoms with Crippen LogP contribution in [0.1, 0.15) is 97.3 Å². The second kappa shape index (κ2) is 9.26. The van der Waals surface area contributed by atoms with Gasteiger partial charge in [0.1, 0.15) is 0 Å². The fraction of sp³-hybridized carbons (Fsp3) is 0.483. The molecule has 1 heterocycles. The Morgan fingerprint density at radius 3 is 2.57 bits per heavy atom. The summed E-state index contributed by atoms with van der Waals surface area (Å²) < 4.78 is 5.73. The molecule has 0 spiro atoms. The number of amides is 2. The van der Waals surface area contributed by atoms with Crippen molar-refractivity contribution in [3.8, 4) is 0 Å². The summed E-state index contributed by atoms with van der Waals surface area (Å²) in [5.74, 6) is -0.120. The first kappa shape index (κ1) is 25.4. The molecule has 3 aliphatic rings. The number of rotatable bonds is 6. The van der Waals surface area contributed by atoms with E-state index in [9.17, 15) is 14.7 Å². The molecule has 1 unspecified atom stereocenters. The predicted molar refractivity (Wildman–Crippen MR) is 141 cm³/mol. The van der Waals surface area contributed by atoms with E-state index in [0.29, 0.717) is 24.8 Å². The van der Waals surface area contributed by atoms with Crippen LogP contribution in [0.15, 0.2) is 47.5 Å². The van der Waals surface area contributed by atoms with E-state index in [1.807, 2.05) is 50.2 Å². The third-order valence-corrected chi connectivity index (χ3v) is 8.56. The zero-order chi connectivity index (χ0) is 26.5.